The Kier molecular flexibility index (Phi) is 5.05. The monoisotopic (exact) mass is 263 g/mol. The molecule has 96 valence electrons. The Balaban J connectivity index is 3.10. The average molecular weight is 263 g/mol. The second kappa shape index (κ2) is 6.31. The summed E-state index contributed by atoms with van der Waals surface area (Å²) < 4.78 is 0. The van der Waals surface area contributed by atoms with Crippen LogP contribution in [0.2, 0.25) is 0 Å². The van der Waals surface area contributed by atoms with Crippen molar-refractivity contribution in [2.24, 2.45) is 0 Å². The smallest absolute Gasteiger partial charge is 0.225 e. The molecule has 1 aromatic rings. The van der Waals surface area contributed by atoms with E-state index >= 15 is 0 Å². The highest BCUT2D eigenvalue weighted by atomic mass is 32.1. The highest BCUT2D eigenvalue weighted by molar-refractivity contribution is 7.80. The van der Waals surface area contributed by atoms with Crippen LogP contribution in [0.15, 0.2) is 12.1 Å². The van der Waals surface area contributed by atoms with Crippen molar-refractivity contribution in [1.29, 1.82) is 5.26 Å². The van der Waals surface area contributed by atoms with Crippen molar-refractivity contribution in [2.45, 2.75) is 13.3 Å². The van der Waals surface area contributed by atoms with Gasteiger partial charge in [0.05, 0.1) is 11.3 Å². The van der Waals surface area contributed by atoms with Gasteiger partial charge in [-0.1, -0.05) is 0 Å². The molecule has 0 aliphatic heterocycles. The molecule has 1 N–H and O–H groups in total. The third-order valence-electron chi connectivity index (χ3n) is 2.55. The van der Waals surface area contributed by atoms with Crippen molar-refractivity contribution in [3.63, 3.8) is 0 Å². The van der Waals surface area contributed by atoms with E-state index in [1.807, 2.05) is 32.0 Å². The first kappa shape index (κ1) is 14.4. The van der Waals surface area contributed by atoms with Crippen molar-refractivity contribution in [3.05, 3.63) is 23.3 Å². The molecule has 1 rings (SSSR count). The van der Waals surface area contributed by atoms with E-state index in [-0.39, 0.29) is 5.91 Å². The molecule has 0 unspecified atom stereocenters. The van der Waals surface area contributed by atoms with E-state index in [0.717, 1.165) is 11.3 Å². The van der Waals surface area contributed by atoms with Gasteiger partial charge < -0.3 is 10.2 Å². The Morgan fingerprint density at radius 2 is 2.17 bits per heavy atom. The second-order valence-electron chi connectivity index (χ2n) is 4.21. The van der Waals surface area contributed by atoms with Gasteiger partial charge in [0, 0.05) is 26.2 Å². The SMILES string of the molecule is Cc1cc(NC(=O)CCS)c(C#N)cc1N(C)C. The number of carbonyl (C=O) groups excluding carboxylic acids is 1. The maximum Gasteiger partial charge on any atom is 0.225 e. The number of nitrogens with one attached hydrogen (secondary N) is 1. The summed E-state index contributed by atoms with van der Waals surface area (Å²) in [6.07, 6.45) is 0.336. The number of rotatable bonds is 4. The highest BCUT2D eigenvalue weighted by Crippen LogP contribution is 2.26. The van der Waals surface area contributed by atoms with Crippen LogP contribution in [-0.4, -0.2) is 25.8 Å². The minimum Gasteiger partial charge on any atom is -0.377 e. The lowest BCUT2D eigenvalue weighted by Crippen LogP contribution is -2.15. The molecule has 1 aromatic carbocycles. The summed E-state index contributed by atoms with van der Waals surface area (Å²) in [5, 5.41) is 11.9. The molecular weight excluding hydrogens is 246 g/mol. The van der Waals surface area contributed by atoms with Crippen LogP contribution in [0.5, 0.6) is 0 Å². The molecule has 1 amide bonds. The van der Waals surface area contributed by atoms with Crippen LogP contribution >= 0.6 is 12.6 Å². The van der Waals surface area contributed by atoms with Gasteiger partial charge in [0.2, 0.25) is 5.91 Å². The summed E-state index contributed by atoms with van der Waals surface area (Å²) in [6, 6.07) is 5.71. The molecule has 0 fully saturated rings. The van der Waals surface area contributed by atoms with Crippen molar-refractivity contribution >= 4 is 29.9 Å². The number of nitriles is 1. The molecule has 5 heteroatoms. The maximum absolute atomic E-state index is 11.5. The van der Waals surface area contributed by atoms with Crippen molar-refractivity contribution in [3.8, 4) is 6.07 Å². The minimum atomic E-state index is -0.126. The normalized spacial score (nSPS) is 9.72. The molecule has 0 saturated heterocycles. The topological polar surface area (TPSA) is 56.1 Å². The Morgan fingerprint density at radius 1 is 1.50 bits per heavy atom. The predicted molar refractivity (Wildman–Crippen MR) is 77.3 cm³/mol. The quantitative estimate of drug-likeness (QED) is 0.819. The number of hydrogen-bond donors (Lipinski definition) is 2. The number of amides is 1. The molecule has 0 saturated carbocycles. The maximum atomic E-state index is 11.5. The van der Waals surface area contributed by atoms with Crippen molar-refractivity contribution < 1.29 is 4.79 Å². The van der Waals surface area contributed by atoms with E-state index in [0.29, 0.717) is 23.4 Å². The molecule has 0 aromatic heterocycles. The molecule has 0 heterocycles. The summed E-state index contributed by atoms with van der Waals surface area (Å²) in [5.41, 5.74) is 3.02. The zero-order chi connectivity index (χ0) is 13.7. The third kappa shape index (κ3) is 3.41. The van der Waals surface area contributed by atoms with Crippen LogP contribution in [0, 0.1) is 18.3 Å². The third-order valence-corrected chi connectivity index (χ3v) is 2.77. The zero-order valence-corrected chi connectivity index (χ0v) is 11.7. The van der Waals surface area contributed by atoms with Crippen LogP contribution in [0.25, 0.3) is 0 Å². The molecule has 0 atom stereocenters. The molecule has 4 nitrogen and oxygen atoms in total. The van der Waals surface area contributed by atoms with Gasteiger partial charge >= 0.3 is 0 Å². The number of thiol groups is 1. The lowest BCUT2D eigenvalue weighted by Gasteiger charge is -2.18. The van der Waals surface area contributed by atoms with E-state index in [4.69, 9.17) is 5.26 Å². The van der Waals surface area contributed by atoms with Gasteiger partial charge in [-0.15, -0.1) is 0 Å². The van der Waals surface area contributed by atoms with Crippen LogP contribution in [-0.2, 0) is 4.79 Å². The fourth-order valence-electron chi connectivity index (χ4n) is 1.69. The lowest BCUT2D eigenvalue weighted by molar-refractivity contribution is -0.115. The molecule has 0 radical (unpaired) electrons. The van der Waals surface area contributed by atoms with Crippen LogP contribution in [0.3, 0.4) is 0 Å². The van der Waals surface area contributed by atoms with Gasteiger partial charge in [-0.2, -0.15) is 17.9 Å². The first-order chi connectivity index (χ1) is 8.49. The molecule has 0 spiro atoms. The predicted octanol–water partition coefficient (Wildman–Crippen LogP) is 2.19. The standard InChI is InChI=1S/C13H17N3OS/c1-9-6-11(15-13(17)4-5-18)10(8-14)7-12(9)16(2)3/h6-7,18H,4-5H2,1-3H3,(H,15,17). The van der Waals surface area contributed by atoms with Gasteiger partial charge in [-0.25, -0.2) is 0 Å². The summed E-state index contributed by atoms with van der Waals surface area (Å²) in [6.45, 7) is 1.95. The summed E-state index contributed by atoms with van der Waals surface area (Å²) in [7, 11) is 3.84. The van der Waals surface area contributed by atoms with E-state index < -0.39 is 0 Å². The zero-order valence-electron chi connectivity index (χ0n) is 10.8. The van der Waals surface area contributed by atoms with E-state index in [1.165, 1.54) is 0 Å². The number of carbonyl (C=O) groups is 1. The van der Waals surface area contributed by atoms with Gasteiger partial charge in [0.15, 0.2) is 0 Å². The summed E-state index contributed by atoms with van der Waals surface area (Å²) in [4.78, 5) is 13.5. The van der Waals surface area contributed by atoms with Crippen molar-refractivity contribution in [2.75, 3.05) is 30.1 Å². The fraction of sp³-hybridized carbons (Fsp3) is 0.385. The summed E-state index contributed by atoms with van der Waals surface area (Å²) >= 11 is 4.01. The van der Waals surface area contributed by atoms with Gasteiger partial charge in [0.1, 0.15) is 6.07 Å². The Bertz CT molecular complexity index is 492. The Labute approximate surface area is 113 Å². The van der Waals surface area contributed by atoms with Crippen molar-refractivity contribution in [1.82, 2.24) is 0 Å². The molecular formula is C13H17N3OS. The van der Waals surface area contributed by atoms with Gasteiger partial charge in [-0.05, 0) is 30.4 Å². The number of benzene rings is 1. The largest absolute Gasteiger partial charge is 0.377 e. The second-order valence-corrected chi connectivity index (χ2v) is 4.66. The van der Waals surface area contributed by atoms with Crippen LogP contribution in [0.4, 0.5) is 11.4 Å². The number of hydrogen-bond acceptors (Lipinski definition) is 4. The number of aryl methyl sites for hydroxylation is 1. The van der Waals surface area contributed by atoms with E-state index in [9.17, 15) is 4.79 Å². The fourth-order valence-corrected chi connectivity index (χ4v) is 1.89. The van der Waals surface area contributed by atoms with Crippen LogP contribution in [0.1, 0.15) is 17.5 Å². The van der Waals surface area contributed by atoms with E-state index in [2.05, 4.69) is 24.0 Å². The minimum absolute atomic E-state index is 0.126. The Hall–Kier alpha value is -1.67. The molecule has 0 bridgehead atoms. The highest BCUT2D eigenvalue weighted by Gasteiger charge is 2.10. The number of nitrogens with zero attached hydrogens (tertiary/aromatic N) is 2. The number of anilines is 2. The average Bonchev–Trinajstić information content (AvgIpc) is 2.29. The summed E-state index contributed by atoms with van der Waals surface area (Å²) in [5.74, 6) is 0.362. The molecule has 0 aliphatic rings. The molecule has 18 heavy (non-hydrogen) atoms. The van der Waals surface area contributed by atoms with Crippen LogP contribution < -0.4 is 10.2 Å². The van der Waals surface area contributed by atoms with E-state index in [1.54, 1.807) is 6.07 Å². The lowest BCUT2D eigenvalue weighted by atomic mass is 10.1. The first-order valence-electron chi connectivity index (χ1n) is 5.62. The van der Waals surface area contributed by atoms with Gasteiger partial charge in [-0.3, -0.25) is 4.79 Å². The van der Waals surface area contributed by atoms with Gasteiger partial charge in [0.25, 0.3) is 0 Å². The first-order valence-corrected chi connectivity index (χ1v) is 6.25. The Morgan fingerprint density at radius 3 is 2.67 bits per heavy atom. The molecule has 0 aliphatic carbocycles.